The third-order valence-electron chi connectivity index (χ3n) is 1.68. The summed E-state index contributed by atoms with van der Waals surface area (Å²) in [6, 6.07) is 0.204. The van der Waals surface area contributed by atoms with Crippen LogP contribution in [0.4, 0.5) is 0 Å². The normalized spacial score (nSPS) is 13.3. The molecule has 0 amide bonds. The van der Waals surface area contributed by atoms with Crippen molar-refractivity contribution >= 4 is 0 Å². The van der Waals surface area contributed by atoms with Crippen LogP contribution in [0.15, 0.2) is 12.7 Å². The number of methoxy groups -OCH3 is 1. The first kappa shape index (κ1) is 11.6. The summed E-state index contributed by atoms with van der Waals surface area (Å²) in [5.41, 5.74) is 5.83. The second kappa shape index (κ2) is 7.28. The van der Waals surface area contributed by atoms with E-state index < -0.39 is 0 Å². The van der Waals surface area contributed by atoms with Crippen LogP contribution in [0.3, 0.4) is 0 Å². The first-order valence-electron chi connectivity index (χ1n) is 4.24. The zero-order valence-corrected chi connectivity index (χ0v) is 8.12. The highest BCUT2D eigenvalue weighted by molar-refractivity contribution is 4.74. The summed E-state index contributed by atoms with van der Waals surface area (Å²) in [4.78, 5) is 2.15. The van der Waals surface area contributed by atoms with E-state index in [4.69, 9.17) is 10.5 Å². The monoisotopic (exact) mass is 172 g/mol. The first-order chi connectivity index (χ1) is 5.70. The Morgan fingerprint density at radius 3 is 2.83 bits per heavy atom. The molecule has 3 heteroatoms. The maximum atomic E-state index is 5.83. The van der Waals surface area contributed by atoms with Gasteiger partial charge in [0.25, 0.3) is 0 Å². The molecule has 0 saturated carbocycles. The lowest BCUT2D eigenvalue weighted by atomic mass is 10.2. The second-order valence-corrected chi connectivity index (χ2v) is 3.05. The van der Waals surface area contributed by atoms with Gasteiger partial charge in [0, 0.05) is 32.8 Å². The van der Waals surface area contributed by atoms with E-state index in [2.05, 4.69) is 11.5 Å². The Kier molecular flexibility index (Phi) is 7.05. The fourth-order valence-electron chi connectivity index (χ4n) is 1.06. The van der Waals surface area contributed by atoms with Gasteiger partial charge in [-0.3, -0.25) is 0 Å². The van der Waals surface area contributed by atoms with Gasteiger partial charge < -0.3 is 15.4 Å². The molecule has 1 atom stereocenters. The van der Waals surface area contributed by atoms with Crippen LogP contribution in [-0.4, -0.2) is 44.8 Å². The van der Waals surface area contributed by atoms with Crippen molar-refractivity contribution in [3.63, 3.8) is 0 Å². The number of nitrogens with two attached hydrogens (primary N) is 1. The summed E-state index contributed by atoms with van der Waals surface area (Å²) in [6.45, 7) is 6.19. The minimum Gasteiger partial charge on any atom is -0.385 e. The summed E-state index contributed by atoms with van der Waals surface area (Å²) in [5, 5.41) is 0. The molecule has 0 aromatic heterocycles. The second-order valence-electron chi connectivity index (χ2n) is 3.05. The third-order valence-corrected chi connectivity index (χ3v) is 1.68. The molecule has 12 heavy (non-hydrogen) atoms. The minimum atomic E-state index is 0.204. The fourth-order valence-corrected chi connectivity index (χ4v) is 1.06. The van der Waals surface area contributed by atoms with Crippen molar-refractivity contribution in [1.29, 1.82) is 0 Å². The number of hydrogen-bond acceptors (Lipinski definition) is 3. The SMILES string of the molecule is C=CCN(C)CC(N)CCOC. The molecule has 0 rings (SSSR count). The highest BCUT2D eigenvalue weighted by Gasteiger charge is 2.04. The molecule has 2 N–H and O–H groups in total. The van der Waals surface area contributed by atoms with Gasteiger partial charge in [0.1, 0.15) is 0 Å². The summed E-state index contributed by atoms with van der Waals surface area (Å²) < 4.78 is 4.94. The Balaban J connectivity index is 3.39. The fraction of sp³-hybridized carbons (Fsp3) is 0.778. The molecular weight excluding hydrogens is 152 g/mol. The molecule has 72 valence electrons. The van der Waals surface area contributed by atoms with Crippen molar-refractivity contribution in [2.45, 2.75) is 12.5 Å². The minimum absolute atomic E-state index is 0.204. The Morgan fingerprint density at radius 1 is 1.67 bits per heavy atom. The lowest BCUT2D eigenvalue weighted by molar-refractivity contribution is 0.181. The van der Waals surface area contributed by atoms with Crippen LogP contribution in [0.2, 0.25) is 0 Å². The number of ether oxygens (including phenoxy) is 1. The van der Waals surface area contributed by atoms with E-state index >= 15 is 0 Å². The summed E-state index contributed by atoms with van der Waals surface area (Å²) in [7, 11) is 3.73. The van der Waals surface area contributed by atoms with Crippen LogP contribution < -0.4 is 5.73 Å². The van der Waals surface area contributed by atoms with E-state index in [-0.39, 0.29) is 6.04 Å². The van der Waals surface area contributed by atoms with Crippen molar-refractivity contribution in [1.82, 2.24) is 4.90 Å². The van der Waals surface area contributed by atoms with Crippen molar-refractivity contribution in [3.8, 4) is 0 Å². The number of likely N-dealkylation sites (N-methyl/N-ethyl adjacent to an activating group) is 1. The van der Waals surface area contributed by atoms with E-state index in [1.54, 1.807) is 7.11 Å². The van der Waals surface area contributed by atoms with Crippen molar-refractivity contribution in [2.75, 3.05) is 33.9 Å². The van der Waals surface area contributed by atoms with Gasteiger partial charge in [-0.2, -0.15) is 0 Å². The number of nitrogens with zero attached hydrogens (tertiary/aromatic N) is 1. The highest BCUT2D eigenvalue weighted by Crippen LogP contribution is 1.92. The Hall–Kier alpha value is -0.380. The van der Waals surface area contributed by atoms with Gasteiger partial charge in [-0.15, -0.1) is 6.58 Å². The van der Waals surface area contributed by atoms with Crippen LogP contribution >= 0.6 is 0 Å². The maximum absolute atomic E-state index is 5.83. The van der Waals surface area contributed by atoms with Crippen molar-refractivity contribution < 1.29 is 4.74 Å². The molecule has 0 aromatic rings. The third kappa shape index (κ3) is 6.34. The molecule has 0 fully saturated rings. The van der Waals surface area contributed by atoms with Crippen LogP contribution in [0.25, 0.3) is 0 Å². The van der Waals surface area contributed by atoms with E-state index in [0.29, 0.717) is 0 Å². The highest BCUT2D eigenvalue weighted by atomic mass is 16.5. The lowest BCUT2D eigenvalue weighted by Crippen LogP contribution is -2.36. The van der Waals surface area contributed by atoms with Crippen LogP contribution in [0.1, 0.15) is 6.42 Å². The average Bonchev–Trinajstić information content (AvgIpc) is 2.01. The number of rotatable bonds is 7. The quantitative estimate of drug-likeness (QED) is 0.567. The molecule has 0 spiro atoms. The van der Waals surface area contributed by atoms with Gasteiger partial charge >= 0.3 is 0 Å². The Morgan fingerprint density at radius 2 is 2.33 bits per heavy atom. The zero-order chi connectivity index (χ0) is 9.40. The van der Waals surface area contributed by atoms with Gasteiger partial charge in [-0.05, 0) is 13.5 Å². The van der Waals surface area contributed by atoms with Gasteiger partial charge in [-0.25, -0.2) is 0 Å². The predicted octanol–water partition coefficient (Wildman–Crippen LogP) is 0.468. The van der Waals surface area contributed by atoms with E-state index in [1.165, 1.54) is 0 Å². The van der Waals surface area contributed by atoms with Gasteiger partial charge in [0.2, 0.25) is 0 Å². The predicted molar refractivity (Wildman–Crippen MR) is 52.2 cm³/mol. The largest absolute Gasteiger partial charge is 0.385 e. The molecule has 0 aliphatic heterocycles. The van der Waals surface area contributed by atoms with Gasteiger partial charge in [0.05, 0.1) is 0 Å². The van der Waals surface area contributed by atoms with E-state index in [0.717, 1.165) is 26.1 Å². The molecule has 0 heterocycles. The smallest absolute Gasteiger partial charge is 0.0477 e. The van der Waals surface area contributed by atoms with Crippen LogP contribution in [-0.2, 0) is 4.74 Å². The molecule has 0 aliphatic rings. The molecule has 0 saturated heterocycles. The van der Waals surface area contributed by atoms with E-state index in [9.17, 15) is 0 Å². The molecule has 0 radical (unpaired) electrons. The molecule has 1 unspecified atom stereocenters. The van der Waals surface area contributed by atoms with Crippen LogP contribution in [0, 0.1) is 0 Å². The van der Waals surface area contributed by atoms with Crippen molar-refractivity contribution in [2.24, 2.45) is 5.73 Å². The van der Waals surface area contributed by atoms with Crippen LogP contribution in [0.5, 0.6) is 0 Å². The van der Waals surface area contributed by atoms with Gasteiger partial charge in [-0.1, -0.05) is 6.08 Å². The van der Waals surface area contributed by atoms with Gasteiger partial charge in [0.15, 0.2) is 0 Å². The van der Waals surface area contributed by atoms with Crippen molar-refractivity contribution in [3.05, 3.63) is 12.7 Å². The summed E-state index contributed by atoms with van der Waals surface area (Å²) >= 11 is 0. The number of hydrogen-bond donors (Lipinski definition) is 1. The first-order valence-corrected chi connectivity index (χ1v) is 4.24. The molecule has 3 nitrogen and oxygen atoms in total. The zero-order valence-electron chi connectivity index (χ0n) is 8.12. The molecular formula is C9H20N2O. The topological polar surface area (TPSA) is 38.5 Å². The molecule has 0 bridgehead atoms. The standard InChI is InChI=1S/C9H20N2O/c1-4-6-11(2)8-9(10)5-7-12-3/h4,9H,1,5-8,10H2,2-3H3. The molecule has 0 aromatic carbocycles. The Labute approximate surface area is 75.2 Å². The maximum Gasteiger partial charge on any atom is 0.0477 e. The summed E-state index contributed by atoms with van der Waals surface area (Å²) in [5.74, 6) is 0. The average molecular weight is 172 g/mol. The summed E-state index contributed by atoms with van der Waals surface area (Å²) in [6.07, 6.45) is 2.79. The Bertz CT molecular complexity index is 117. The lowest BCUT2D eigenvalue weighted by Gasteiger charge is -2.19. The molecule has 0 aliphatic carbocycles. The van der Waals surface area contributed by atoms with E-state index in [1.807, 2.05) is 13.1 Å².